The molecular formula is C34H65NO6. The Morgan fingerprint density at radius 3 is 1.78 bits per heavy atom. The summed E-state index contributed by atoms with van der Waals surface area (Å²) in [5.41, 5.74) is 0.755. The minimum Gasteiger partial charge on any atom is -0.395 e. The molecule has 7 nitrogen and oxygen atoms in total. The molecule has 41 heavy (non-hydrogen) atoms. The zero-order valence-electron chi connectivity index (χ0n) is 26.8. The van der Waals surface area contributed by atoms with Crippen molar-refractivity contribution in [3.05, 3.63) is 11.6 Å². The number of carbonyl (C=O) groups is 1. The standard InChI is InChI=1S/C34H65NO6/c1-28(33(39)35-25-26-36)23-21-19-17-15-13-11-9-7-5-4-6-8-10-12-14-16-18-20-22-24-29(2)40-34-32(38)27-31(37)30(3)41-34/h23,29-32,34,36-38H,4-22,24-27H2,1-3H3,(H,35,39)/b28-23+/t29-,30+,31-,32-,34-/m1/s1. The summed E-state index contributed by atoms with van der Waals surface area (Å²) < 4.78 is 11.5. The molecular weight excluding hydrogens is 518 g/mol. The maximum absolute atomic E-state index is 11.7. The first kappa shape index (κ1) is 38.0. The molecule has 0 spiro atoms. The maximum atomic E-state index is 11.7. The van der Waals surface area contributed by atoms with Crippen LogP contribution >= 0.6 is 0 Å². The van der Waals surface area contributed by atoms with Crippen LogP contribution in [-0.2, 0) is 14.3 Å². The van der Waals surface area contributed by atoms with Crippen LogP contribution in [0, 0.1) is 0 Å². The van der Waals surface area contributed by atoms with Gasteiger partial charge in [-0.25, -0.2) is 0 Å². The van der Waals surface area contributed by atoms with Crippen molar-refractivity contribution in [1.82, 2.24) is 5.32 Å². The van der Waals surface area contributed by atoms with Crippen LogP contribution in [-0.4, -0.2) is 65.1 Å². The lowest BCUT2D eigenvalue weighted by atomic mass is 10.0. The van der Waals surface area contributed by atoms with Crippen LogP contribution in [0.4, 0.5) is 0 Å². The molecule has 1 aliphatic heterocycles. The Morgan fingerprint density at radius 2 is 1.29 bits per heavy atom. The minimum atomic E-state index is -0.748. The molecule has 0 aromatic carbocycles. The van der Waals surface area contributed by atoms with E-state index in [0.29, 0.717) is 13.0 Å². The van der Waals surface area contributed by atoms with Gasteiger partial charge in [0, 0.05) is 18.5 Å². The molecule has 4 N–H and O–H groups in total. The zero-order valence-corrected chi connectivity index (χ0v) is 26.8. The molecule has 1 aliphatic rings. The van der Waals surface area contributed by atoms with Crippen LogP contribution < -0.4 is 5.32 Å². The van der Waals surface area contributed by atoms with Crippen molar-refractivity contribution in [2.45, 2.75) is 186 Å². The van der Waals surface area contributed by atoms with E-state index in [-0.39, 0.29) is 24.7 Å². The summed E-state index contributed by atoms with van der Waals surface area (Å²) in [5.74, 6) is -0.0674. The number of rotatable bonds is 26. The summed E-state index contributed by atoms with van der Waals surface area (Å²) >= 11 is 0. The smallest absolute Gasteiger partial charge is 0.246 e. The highest BCUT2D eigenvalue weighted by atomic mass is 16.7. The van der Waals surface area contributed by atoms with Crippen molar-refractivity contribution in [1.29, 1.82) is 0 Å². The van der Waals surface area contributed by atoms with E-state index in [2.05, 4.69) is 5.32 Å². The average molecular weight is 584 g/mol. The summed E-state index contributed by atoms with van der Waals surface area (Å²) in [5, 5.41) is 31.3. The van der Waals surface area contributed by atoms with Crippen molar-refractivity contribution in [2.24, 2.45) is 0 Å². The van der Waals surface area contributed by atoms with Crippen LogP contribution in [0.15, 0.2) is 11.6 Å². The number of amides is 1. The van der Waals surface area contributed by atoms with Crippen molar-refractivity contribution in [3.8, 4) is 0 Å². The Kier molecular flexibility index (Phi) is 23.7. The van der Waals surface area contributed by atoms with Crippen LogP contribution in [0.3, 0.4) is 0 Å². The first-order valence-electron chi connectivity index (χ1n) is 17.1. The third-order valence-corrected chi connectivity index (χ3v) is 8.33. The SMILES string of the molecule is C/C(=C\CCCCCCCCCCCCCCCCCCCC[C@@H](C)O[C@@H]1O[C@@H](C)[C@H](O)C[C@H]1O)C(=O)NCCO. The van der Waals surface area contributed by atoms with Gasteiger partial charge in [0.1, 0.15) is 6.10 Å². The molecule has 1 fully saturated rings. The van der Waals surface area contributed by atoms with E-state index >= 15 is 0 Å². The van der Waals surface area contributed by atoms with Gasteiger partial charge in [-0.1, -0.05) is 115 Å². The van der Waals surface area contributed by atoms with Crippen molar-refractivity contribution in [2.75, 3.05) is 13.2 Å². The number of aliphatic hydroxyl groups is 3. The zero-order chi connectivity index (χ0) is 30.1. The van der Waals surface area contributed by atoms with Gasteiger partial charge in [0.25, 0.3) is 0 Å². The molecule has 0 bridgehead atoms. The van der Waals surface area contributed by atoms with E-state index in [1.165, 1.54) is 103 Å². The lowest BCUT2D eigenvalue weighted by molar-refractivity contribution is -0.273. The molecule has 1 amide bonds. The number of hydrogen-bond donors (Lipinski definition) is 4. The summed E-state index contributed by atoms with van der Waals surface area (Å²) in [6.45, 7) is 6.02. The van der Waals surface area contributed by atoms with Gasteiger partial charge in [0.2, 0.25) is 5.91 Å². The molecule has 0 radical (unpaired) electrons. The quantitative estimate of drug-likeness (QED) is 0.0639. The Labute approximate surface area is 251 Å². The lowest BCUT2D eigenvalue weighted by Crippen LogP contribution is -2.48. The topological polar surface area (TPSA) is 108 Å². The van der Waals surface area contributed by atoms with Crippen LogP contribution in [0.1, 0.15) is 156 Å². The molecule has 1 heterocycles. The predicted octanol–water partition coefficient (Wildman–Crippen LogP) is 7.11. The lowest BCUT2D eigenvalue weighted by Gasteiger charge is -2.36. The number of nitrogens with one attached hydrogen (secondary N) is 1. The molecule has 0 aromatic heterocycles. The molecule has 7 heteroatoms. The molecule has 0 unspecified atom stereocenters. The normalized spacial score (nSPS) is 22.1. The van der Waals surface area contributed by atoms with Crippen LogP contribution in [0.25, 0.3) is 0 Å². The Morgan fingerprint density at radius 1 is 0.829 bits per heavy atom. The number of hydrogen-bond acceptors (Lipinski definition) is 6. The van der Waals surface area contributed by atoms with Gasteiger partial charge < -0.3 is 30.1 Å². The highest BCUT2D eigenvalue weighted by Gasteiger charge is 2.35. The molecule has 1 saturated heterocycles. The fourth-order valence-corrected chi connectivity index (χ4v) is 5.49. The van der Waals surface area contributed by atoms with Gasteiger partial charge in [-0.3, -0.25) is 4.79 Å². The molecule has 5 atom stereocenters. The number of allylic oxidation sites excluding steroid dienone is 1. The minimum absolute atomic E-state index is 0.0147. The van der Waals surface area contributed by atoms with Crippen molar-refractivity contribution >= 4 is 5.91 Å². The molecule has 0 aliphatic carbocycles. The van der Waals surface area contributed by atoms with E-state index in [4.69, 9.17) is 14.6 Å². The van der Waals surface area contributed by atoms with Crippen molar-refractivity contribution in [3.63, 3.8) is 0 Å². The van der Waals surface area contributed by atoms with Gasteiger partial charge >= 0.3 is 0 Å². The summed E-state index contributed by atoms with van der Waals surface area (Å²) in [6, 6.07) is 0. The second-order valence-corrected chi connectivity index (χ2v) is 12.3. The van der Waals surface area contributed by atoms with Crippen LogP contribution in [0.2, 0.25) is 0 Å². The van der Waals surface area contributed by atoms with Gasteiger partial charge in [0.15, 0.2) is 6.29 Å². The van der Waals surface area contributed by atoms with Gasteiger partial charge in [-0.15, -0.1) is 0 Å². The van der Waals surface area contributed by atoms with Gasteiger partial charge in [-0.05, 0) is 40.0 Å². The first-order valence-corrected chi connectivity index (χ1v) is 17.1. The molecule has 242 valence electrons. The van der Waals surface area contributed by atoms with E-state index < -0.39 is 18.5 Å². The molecule has 1 rings (SSSR count). The fraction of sp³-hybridized carbons (Fsp3) is 0.912. The first-order chi connectivity index (χ1) is 19.8. The Balaban J connectivity index is 1.78. The molecule has 0 aromatic rings. The fourth-order valence-electron chi connectivity index (χ4n) is 5.49. The highest BCUT2D eigenvalue weighted by Crippen LogP contribution is 2.23. The number of carbonyl (C=O) groups excluding carboxylic acids is 1. The van der Waals surface area contributed by atoms with E-state index in [9.17, 15) is 15.0 Å². The Hall–Kier alpha value is -0.990. The maximum Gasteiger partial charge on any atom is 0.246 e. The number of ether oxygens (including phenoxy) is 2. The van der Waals surface area contributed by atoms with E-state index in [1.54, 1.807) is 0 Å². The summed E-state index contributed by atoms with van der Waals surface area (Å²) in [7, 11) is 0. The highest BCUT2D eigenvalue weighted by molar-refractivity contribution is 5.92. The number of aliphatic hydroxyl groups excluding tert-OH is 3. The second kappa shape index (κ2) is 25.5. The largest absolute Gasteiger partial charge is 0.395 e. The van der Waals surface area contributed by atoms with Gasteiger partial charge in [0.05, 0.1) is 24.9 Å². The monoisotopic (exact) mass is 583 g/mol. The predicted molar refractivity (Wildman–Crippen MR) is 168 cm³/mol. The second-order valence-electron chi connectivity index (χ2n) is 12.3. The summed E-state index contributed by atoms with van der Waals surface area (Å²) in [4.78, 5) is 11.7. The van der Waals surface area contributed by atoms with Gasteiger partial charge in [-0.2, -0.15) is 0 Å². The Bertz CT molecular complexity index is 657. The van der Waals surface area contributed by atoms with Crippen molar-refractivity contribution < 1.29 is 29.6 Å². The van der Waals surface area contributed by atoms with E-state index in [1.807, 2.05) is 26.8 Å². The number of unbranched alkanes of at least 4 members (excludes halogenated alkanes) is 18. The summed E-state index contributed by atoms with van der Waals surface area (Å²) in [6.07, 6.45) is 25.8. The van der Waals surface area contributed by atoms with Crippen LogP contribution in [0.5, 0.6) is 0 Å². The molecule has 0 saturated carbocycles. The van der Waals surface area contributed by atoms with E-state index in [0.717, 1.165) is 31.3 Å². The average Bonchev–Trinajstić information content (AvgIpc) is 2.95. The third-order valence-electron chi connectivity index (χ3n) is 8.33. The third kappa shape index (κ3) is 20.5.